The van der Waals surface area contributed by atoms with Crippen molar-refractivity contribution in [1.82, 2.24) is 9.58 Å². The fourth-order valence-electron chi connectivity index (χ4n) is 3.87. The average Bonchev–Trinajstić information content (AvgIpc) is 3.17. The number of rotatable bonds is 3. The highest BCUT2D eigenvalue weighted by Gasteiger charge is 2.35. The topological polar surface area (TPSA) is 81.0 Å². The molecule has 1 unspecified atom stereocenters. The van der Waals surface area contributed by atoms with Gasteiger partial charge in [0.15, 0.2) is 5.75 Å². The first-order valence-corrected chi connectivity index (χ1v) is 10.1. The number of hydrogen-bond acceptors (Lipinski definition) is 5. The third-order valence-electron chi connectivity index (χ3n) is 5.28. The second-order valence-electron chi connectivity index (χ2n) is 7.36. The standard InChI is InChI=1S/C23H20ClN3O4/c1-13(28)27-20(15-8-10-16(24)11-9-15)12-18(25-27)21-22(31-14(2)29)17-6-4-5-7-19(17)26(3)23(21)30/h4-11,20H,12H2,1-3H3. The van der Waals surface area contributed by atoms with Crippen molar-refractivity contribution in [3.63, 3.8) is 0 Å². The Labute approximate surface area is 183 Å². The van der Waals surface area contributed by atoms with Gasteiger partial charge in [-0.2, -0.15) is 5.10 Å². The number of ether oxygens (including phenoxy) is 1. The maximum Gasteiger partial charge on any atom is 0.308 e. The number of aromatic nitrogens is 1. The number of pyridine rings is 1. The summed E-state index contributed by atoms with van der Waals surface area (Å²) in [5.41, 5.74) is 1.68. The Bertz CT molecular complexity index is 1290. The summed E-state index contributed by atoms with van der Waals surface area (Å²) in [6.45, 7) is 2.70. The number of hydrogen-bond donors (Lipinski definition) is 0. The minimum Gasteiger partial charge on any atom is -0.425 e. The Hall–Kier alpha value is -3.45. The fraction of sp³-hybridized carbons (Fsp3) is 0.217. The van der Waals surface area contributed by atoms with E-state index in [1.807, 2.05) is 12.1 Å². The molecule has 4 rings (SSSR count). The molecule has 0 saturated heterocycles. The lowest BCUT2D eigenvalue weighted by molar-refractivity contribution is -0.132. The van der Waals surface area contributed by atoms with Crippen LogP contribution in [0.25, 0.3) is 10.9 Å². The number of nitrogens with zero attached hydrogens (tertiary/aromatic N) is 3. The monoisotopic (exact) mass is 437 g/mol. The number of halogens is 1. The van der Waals surface area contributed by atoms with Crippen LogP contribution in [-0.2, 0) is 16.6 Å². The van der Waals surface area contributed by atoms with Gasteiger partial charge in [0.1, 0.15) is 5.56 Å². The van der Waals surface area contributed by atoms with Crippen LogP contribution in [-0.4, -0.2) is 27.2 Å². The van der Waals surface area contributed by atoms with Crippen molar-refractivity contribution < 1.29 is 14.3 Å². The van der Waals surface area contributed by atoms with E-state index in [4.69, 9.17) is 16.3 Å². The van der Waals surface area contributed by atoms with Crippen molar-refractivity contribution in [2.75, 3.05) is 0 Å². The predicted octanol–water partition coefficient (Wildman–Crippen LogP) is 3.81. The van der Waals surface area contributed by atoms with Crippen LogP contribution in [0.2, 0.25) is 5.02 Å². The third kappa shape index (κ3) is 3.72. The van der Waals surface area contributed by atoms with Crippen LogP contribution >= 0.6 is 11.6 Å². The molecule has 31 heavy (non-hydrogen) atoms. The third-order valence-corrected chi connectivity index (χ3v) is 5.53. The lowest BCUT2D eigenvalue weighted by Gasteiger charge is -2.20. The Morgan fingerprint density at radius 2 is 1.77 bits per heavy atom. The molecule has 7 nitrogen and oxygen atoms in total. The first kappa shape index (κ1) is 20.8. The molecule has 8 heteroatoms. The van der Waals surface area contributed by atoms with Gasteiger partial charge in [-0.05, 0) is 29.8 Å². The van der Waals surface area contributed by atoms with Crippen LogP contribution < -0.4 is 10.3 Å². The Balaban J connectivity index is 1.91. The van der Waals surface area contributed by atoms with E-state index in [9.17, 15) is 14.4 Å². The zero-order valence-corrected chi connectivity index (χ0v) is 18.0. The van der Waals surface area contributed by atoms with E-state index in [2.05, 4.69) is 5.10 Å². The molecule has 0 fully saturated rings. The number of aryl methyl sites for hydroxylation is 1. The van der Waals surface area contributed by atoms with Crippen molar-refractivity contribution in [1.29, 1.82) is 0 Å². The van der Waals surface area contributed by atoms with E-state index < -0.39 is 12.0 Å². The summed E-state index contributed by atoms with van der Waals surface area (Å²) < 4.78 is 7.00. The summed E-state index contributed by atoms with van der Waals surface area (Å²) in [6, 6.07) is 13.9. The molecule has 1 atom stereocenters. The number of carbonyl (C=O) groups is 2. The van der Waals surface area contributed by atoms with E-state index in [0.717, 1.165) is 5.56 Å². The second-order valence-corrected chi connectivity index (χ2v) is 7.80. The largest absolute Gasteiger partial charge is 0.425 e. The number of hydrazone groups is 1. The first-order chi connectivity index (χ1) is 14.8. The van der Waals surface area contributed by atoms with Crippen molar-refractivity contribution in [3.8, 4) is 5.75 Å². The molecule has 0 radical (unpaired) electrons. The van der Waals surface area contributed by atoms with Crippen LogP contribution in [0.4, 0.5) is 0 Å². The Kier molecular flexibility index (Phi) is 5.37. The van der Waals surface area contributed by atoms with Gasteiger partial charge in [-0.25, -0.2) is 5.01 Å². The van der Waals surface area contributed by atoms with E-state index in [0.29, 0.717) is 28.1 Å². The summed E-state index contributed by atoms with van der Waals surface area (Å²) in [7, 11) is 1.65. The highest BCUT2D eigenvalue weighted by molar-refractivity contribution is 6.30. The van der Waals surface area contributed by atoms with E-state index in [-0.39, 0.29) is 22.8 Å². The summed E-state index contributed by atoms with van der Waals surface area (Å²) in [4.78, 5) is 37.5. The molecule has 0 bridgehead atoms. The van der Waals surface area contributed by atoms with Gasteiger partial charge < -0.3 is 9.30 Å². The number of fused-ring (bicyclic) bond motifs is 1. The van der Waals surface area contributed by atoms with Gasteiger partial charge in [0, 0.05) is 37.7 Å². The quantitative estimate of drug-likeness (QED) is 0.583. The molecule has 158 valence electrons. The zero-order valence-electron chi connectivity index (χ0n) is 17.3. The Morgan fingerprint density at radius 3 is 2.42 bits per heavy atom. The van der Waals surface area contributed by atoms with Gasteiger partial charge in [0.25, 0.3) is 5.56 Å². The molecule has 2 heterocycles. The van der Waals surface area contributed by atoms with Crippen molar-refractivity contribution in [3.05, 3.63) is 75.0 Å². The number of amides is 1. The van der Waals surface area contributed by atoms with Gasteiger partial charge >= 0.3 is 5.97 Å². The fourth-order valence-corrected chi connectivity index (χ4v) is 3.99. The summed E-state index contributed by atoms with van der Waals surface area (Å²) >= 11 is 6.00. The minimum absolute atomic E-state index is 0.158. The molecule has 2 aromatic carbocycles. The molecule has 0 saturated carbocycles. The highest BCUT2D eigenvalue weighted by atomic mass is 35.5. The number of para-hydroxylation sites is 1. The molecule has 1 amide bonds. The normalized spacial score (nSPS) is 15.8. The van der Waals surface area contributed by atoms with E-state index in [1.54, 1.807) is 43.4 Å². The molecular weight excluding hydrogens is 418 g/mol. The predicted molar refractivity (Wildman–Crippen MR) is 118 cm³/mol. The highest BCUT2D eigenvalue weighted by Crippen LogP contribution is 2.36. The summed E-state index contributed by atoms with van der Waals surface area (Å²) in [6.07, 6.45) is 0.295. The van der Waals surface area contributed by atoms with Crippen LogP contribution in [0.1, 0.15) is 37.4 Å². The van der Waals surface area contributed by atoms with Crippen molar-refractivity contribution in [2.24, 2.45) is 12.1 Å². The molecule has 0 aliphatic carbocycles. The number of carbonyl (C=O) groups excluding carboxylic acids is 2. The van der Waals surface area contributed by atoms with Gasteiger partial charge in [-0.1, -0.05) is 35.9 Å². The second kappa shape index (κ2) is 8.00. The lowest BCUT2D eigenvalue weighted by atomic mass is 9.97. The minimum atomic E-state index is -0.545. The molecular formula is C23H20ClN3O4. The maximum absolute atomic E-state index is 13.3. The Morgan fingerprint density at radius 1 is 1.10 bits per heavy atom. The van der Waals surface area contributed by atoms with Crippen molar-refractivity contribution in [2.45, 2.75) is 26.3 Å². The van der Waals surface area contributed by atoms with Crippen LogP contribution in [0.5, 0.6) is 5.75 Å². The van der Waals surface area contributed by atoms with Crippen LogP contribution in [0.15, 0.2) is 58.4 Å². The summed E-state index contributed by atoms with van der Waals surface area (Å²) in [5, 5.41) is 7.02. The molecule has 0 spiro atoms. The van der Waals surface area contributed by atoms with Crippen LogP contribution in [0.3, 0.4) is 0 Å². The lowest BCUT2D eigenvalue weighted by Crippen LogP contribution is -2.26. The van der Waals surface area contributed by atoms with E-state index >= 15 is 0 Å². The molecule has 3 aromatic rings. The maximum atomic E-state index is 13.3. The molecule has 1 aliphatic rings. The van der Waals surface area contributed by atoms with Gasteiger partial charge in [0.2, 0.25) is 5.91 Å². The smallest absolute Gasteiger partial charge is 0.308 e. The number of benzene rings is 2. The first-order valence-electron chi connectivity index (χ1n) is 9.71. The van der Waals surface area contributed by atoms with Crippen LogP contribution in [0, 0.1) is 0 Å². The van der Waals surface area contributed by atoms with Gasteiger partial charge in [0.05, 0.1) is 17.3 Å². The molecule has 1 aromatic heterocycles. The molecule has 1 aliphatic heterocycles. The molecule has 0 N–H and O–H groups in total. The summed E-state index contributed by atoms with van der Waals surface area (Å²) in [5.74, 6) is -0.650. The SMILES string of the molecule is CC(=O)Oc1c(C2=NN(C(C)=O)C(c3ccc(Cl)cc3)C2)c(=O)n(C)c2ccccc12. The number of esters is 1. The van der Waals surface area contributed by atoms with Crippen molar-refractivity contribution >= 4 is 40.1 Å². The van der Waals surface area contributed by atoms with E-state index in [1.165, 1.54) is 23.4 Å². The zero-order chi connectivity index (χ0) is 22.3. The van der Waals surface area contributed by atoms with Gasteiger partial charge in [-0.15, -0.1) is 0 Å². The van der Waals surface area contributed by atoms with Gasteiger partial charge in [-0.3, -0.25) is 14.4 Å². The average molecular weight is 438 g/mol.